The molecule has 0 spiro atoms. The molecule has 1 aliphatic carbocycles. The van der Waals surface area contributed by atoms with Crippen LogP contribution in [0.2, 0.25) is 0 Å². The van der Waals surface area contributed by atoms with Crippen LogP contribution in [-0.4, -0.2) is 84.7 Å². The molecule has 1 saturated heterocycles. The van der Waals surface area contributed by atoms with Crippen LogP contribution in [0.3, 0.4) is 0 Å². The van der Waals surface area contributed by atoms with Crippen molar-refractivity contribution in [2.24, 2.45) is 0 Å². The fourth-order valence-electron chi connectivity index (χ4n) is 4.50. The number of nitrogens with one attached hydrogen (secondary N) is 2. The molecule has 0 radical (unpaired) electrons. The van der Waals surface area contributed by atoms with Gasteiger partial charge >= 0.3 is 0 Å². The number of benzene rings is 1. The second-order valence-corrected chi connectivity index (χ2v) is 9.03. The maximum absolute atomic E-state index is 9.25. The minimum Gasteiger partial charge on any atom is -0.395 e. The third kappa shape index (κ3) is 4.45. The maximum Gasteiger partial charge on any atom is 0.179 e. The Morgan fingerprint density at radius 3 is 2.57 bits per heavy atom. The first kappa shape index (κ1) is 21.6. The molecule has 4 aromatic rings. The van der Waals surface area contributed by atoms with E-state index in [1.807, 2.05) is 10.6 Å². The van der Waals surface area contributed by atoms with Gasteiger partial charge < -0.3 is 26.4 Å². The van der Waals surface area contributed by atoms with Crippen molar-refractivity contribution < 1.29 is 5.11 Å². The fourth-order valence-corrected chi connectivity index (χ4v) is 4.50. The molecule has 6 rings (SSSR count). The lowest BCUT2D eigenvalue weighted by molar-refractivity contribution is 0.189. The average Bonchev–Trinajstić information content (AvgIpc) is 3.36. The van der Waals surface area contributed by atoms with E-state index in [1.165, 1.54) is 0 Å². The molecular weight excluding hydrogens is 446 g/mol. The van der Waals surface area contributed by atoms with Gasteiger partial charge in [-0.05, 0) is 31.0 Å². The molecule has 35 heavy (non-hydrogen) atoms. The number of aliphatic hydroxyl groups is 1. The van der Waals surface area contributed by atoms with Gasteiger partial charge in [-0.25, -0.2) is 4.98 Å². The molecule has 0 amide bonds. The van der Waals surface area contributed by atoms with Crippen molar-refractivity contribution in [2.45, 2.75) is 18.9 Å². The van der Waals surface area contributed by atoms with Gasteiger partial charge in [-0.2, -0.15) is 4.52 Å². The number of hydrogen-bond donors (Lipinski definition) is 4. The molecule has 4 heterocycles. The van der Waals surface area contributed by atoms with Crippen LogP contribution < -0.4 is 21.3 Å². The standard InChI is InChI=1S/C23H29N11O/c24-21-13-25-23-18(28-16-1-2-16)12-22(30-34(21)23)29-17-3-4-19(20(11-17)33-14-26-27-15-33)32-7-5-31(6-8-32)9-10-35/h3-4,11-16,28,35H,1-2,5-10,24H2,(H,29,30). The largest absolute Gasteiger partial charge is 0.395 e. The van der Waals surface area contributed by atoms with E-state index in [9.17, 15) is 5.11 Å². The van der Waals surface area contributed by atoms with Crippen molar-refractivity contribution in [3.63, 3.8) is 0 Å². The average molecular weight is 476 g/mol. The minimum absolute atomic E-state index is 0.189. The van der Waals surface area contributed by atoms with E-state index in [0.717, 1.165) is 67.4 Å². The highest BCUT2D eigenvalue weighted by Gasteiger charge is 2.23. The van der Waals surface area contributed by atoms with Crippen LogP contribution in [-0.2, 0) is 0 Å². The van der Waals surface area contributed by atoms with E-state index in [2.05, 4.69) is 58.9 Å². The smallest absolute Gasteiger partial charge is 0.179 e. The summed E-state index contributed by atoms with van der Waals surface area (Å²) in [6.07, 6.45) is 7.36. The number of imidazole rings is 1. The number of fused-ring (bicyclic) bond motifs is 1. The third-order valence-electron chi connectivity index (χ3n) is 6.50. The van der Waals surface area contributed by atoms with E-state index < -0.39 is 0 Å². The van der Waals surface area contributed by atoms with Crippen LogP contribution in [0.15, 0.2) is 43.1 Å². The number of anilines is 5. The molecular formula is C23H29N11O. The predicted molar refractivity (Wildman–Crippen MR) is 134 cm³/mol. The quantitative estimate of drug-likeness (QED) is 0.295. The van der Waals surface area contributed by atoms with Crippen LogP contribution in [0, 0.1) is 0 Å². The van der Waals surface area contributed by atoms with Gasteiger partial charge in [0.25, 0.3) is 0 Å². The van der Waals surface area contributed by atoms with E-state index in [4.69, 9.17) is 5.73 Å². The SMILES string of the molecule is Nc1cnc2c(NC3CC3)cc(Nc3ccc(N4CCN(CCO)CC4)c(-n4cnnc4)c3)nn12. The number of piperazine rings is 1. The summed E-state index contributed by atoms with van der Waals surface area (Å²) in [5.41, 5.74) is 10.7. The summed E-state index contributed by atoms with van der Waals surface area (Å²) in [4.78, 5) is 9.06. The Labute approximate surface area is 202 Å². The van der Waals surface area contributed by atoms with Crippen molar-refractivity contribution in [1.29, 1.82) is 0 Å². The summed E-state index contributed by atoms with van der Waals surface area (Å²) in [5, 5.41) is 28.9. The molecule has 12 nitrogen and oxygen atoms in total. The molecule has 0 bridgehead atoms. The Kier molecular flexibility index (Phi) is 5.58. The molecule has 2 fully saturated rings. The molecule has 1 saturated carbocycles. The monoisotopic (exact) mass is 475 g/mol. The zero-order chi connectivity index (χ0) is 23.8. The number of hydrogen-bond acceptors (Lipinski definition) is 10. The molecule has 12 heteroatoms. The zero-order valence-electron chi connectivity index (χ0n) is 19.4. The minimum atomic E-state index is 0.189. The number of nitrogens with zero attached hydrogens (tertiary/aromatic N) is 8. The lowest BCUT2D eigenvalue weighted by Gasteiger charge is -2.36. The van der Waals surface area contributed by atoms with Gasteiger partial charge in [0.1, 0.15) is 18.5 Å². The van der Waals surface area contributed by atoms with Gasteiger partial charge in [0.05, 0.1) is 29.9 Å². The van der Waals surface area contributed by atoms with Gasteiger partial charge in [-0.15, -0.1) is 15.3 Å². The van der Waals surface area contributed by atoms with Crippen LogP contribution in [0.5, 0.6) is 0 Å². The van der Waals surface area contributed by atoms with Crippen LogP contribution in [0.1, 0.15) is 12.8 Å². The summed E-state index contributed by atoms with van der Waals surface area (Å²) in [5.74, 6) is 1.16. The molecule has 182 valence electrons. The molecule has 2 aliphatic rings. The van der Waals surface area contributed by atoms with Gasteiger partial charge in [0.2, 0.25) is 0 Å². The van der Waals surface area contributed by atoms with Crippen LogP contribution >= 0.6 is 0 Å². The first-order chi connectivity index (χ1) is 17.2. The van der Waals surface area contributed by atoms with Gasteiger partial charge in [-0.3, -0.25) is 9.47 Å². The molecule has 1 aliphatic heterocycles. The van der Waals surface area contributed by atoms with Crippen molar-refractivity contribution in [2.75, 3.05) is 60.6 Å². The van der Waals surface area contributed by atoms with E-state index in [1.54, 1.807) is 23.4 Å². The van der Waals surface area contributed by atoms with Crippen LogP contribution in [0.4, 0.5) is 28.7 Å². The first-order valence-electron chi connectivity index (χ1n) is 11.9. The Bertz CT molecular complexity index is 1310. The normalized spacial score (nSPS) is 16.7. The molecule has 5 N–H and O–H groups in total. The Hall–Kier alpha value is -3.90. The zero-order valence-corrected chi connectivity index (χ0v) is 19.4. The number of aromatic nitrogens is 6. The molecule has 0 atom stereocenters. The third-order valence-corrected chi connectivity index (χ3v) is 6.50. The fraction of sp³-hybridized carbons (Fsp3) is 0.391. The maximum atomic E-state index is 9.25. The van der Waals surface area contributed by atoms with Crippen molar-refractivity contribution >= 4 is 34.3 Å². The Morgan fingerprint density at radius 1 is 1.03 bits per heavy atom. The van der Waals surface area contributed by atoms with Gasteiger partial charge in [0, 0.05) is 50.5 Å². The predicted octanol–water partition coefficient (Wildman–Crippen LogP) is 1.32. The second-order valence-electron chi connectivity index (χ2n) is 9.03. The molecule has 0 unspecified atom stereocenters. The Morgan fingerprint density at radius 2 is 1.83 bits per heavy atom. The first-order valence-corrected chi connectivity index (χ1v) is 11.9. The van der Waals surface area contributed by atoms with E-state index in [-0.39, 0.29) is 6.61 Å². The number of nitrogens with two attached hydrogens (primary N) is 1. The van der Waals surface area contributed by atoms with Crippen molar-refractivity contribution in [1.82, 2.24) is 34.3 Å². The topological polar surface area (TPSA) is 138 Å². The van der Waals surface area contributed by atoms with E-state index in [0.29, 0.717) is 24.2 Å². The number of nitrogen functional groups attached to an aromatic ring is 1. The summed E-state index contributed by atoms with van der Waals surface area (Å²) >= 11 is 0. The molecule has 1 aromatic carbocycles. The number of β-amino-alcohol motifs (C(OH)–C–C–N with tert-alkyl or cyclic N) is 1. The van der Waals surface area contributed by atoms with E-state index >= 15 is 0 Å². The highest BCUT2D eigenvalue weighted by Crippen LogP contribution is 2.32. The lowest BCUT2D eigenvalue weighted by atomic mass is 10.2. The summed E-state index contributed by atoms with van der Waals surface area (Å²) < 4.78 is 3.58. The van der Waals surface area contributed by atoms with Crippen LogP contribution in [0.25, 0.3) is 11.3 Å². The van der Waals surface area contributed by atoms with Gasteiger partial charge in [-0.1, -0.05) is 0 Å². The second kappa shape index (κ2) is 9.04. The highest BCUT2D eigenvalue weighted by molar-refractivity contribution is 5.76. The van der Waals surface area contributed by atoms with Crippen molar-refractivity contribution in [3.8, 4) is 5.69 Å². The lowest BCUT2D eigenvalue weighted by Crippen LogP contribution is -2.47. The number of aliphatic hydroxyl groups excluding tert-OH is 1. The highest BCUT2D eigenvalue weighted by atomic mass is 16.3. The summed E-state index contributed by atoms with van der Waals surface area (Å²) in [6, 6.07) is 8.71. The summed E-state index contributed by atoms with van der Waals surface area (Å²) in [7, 11) is 0. The Balaban J connectivity index is 1.31. The molecule has 3 aromatic heterocycles. The van der Waals surface area contributed by atoms with Gasteiger partial charge in [0.15, 0.2) is 11.5 Å². The number of rotatable bonds is 8. The summed E-state index contributed by atoms with van der Waals surface area (Å²) in [6.45, 7) is 4.50. The van der Waals surface area contributed by atoms with Crippen molar-refractivity contribution in [3.05, 3.63) is 43.1 Å².